The van der Waals surface area contributed by atoms with Gasteiger partial charge in [0.05, 0.1) is 11.9 Å². The summed E-state index contributed by atoms with van der Waals surface area (Å²) in [6, 6.07) is 5.66. The third-order valence-corrected chi connectivity index (χ3v) is 7.07. The zero-order valence-corrected chi connectivity index (χ0v) is 17.0. The van der Waals surface area contributed by atoms with E-state index in [1.54, 1.807) is 31.2 Å². The smallest absolute Gasteiger partial charge is 0.243 e. The van der Waals surface area contributed by atoms with Crippen molar-refractivity contribution >= 4 is 45.0 Å². The lowest BCUT2D eigenvalue weighted by molar-refractivity contribution is -0.121. The van der Waals surface area contributed by atoms with Crippen LogP contribution >= 0.6 is 23.4 Å². The van der Waals surface area contributed by atoms with Crippen LogP contribution in [0.1, 0.15) is 32.6 Å². The van der Waals surface area contributed by atoms with Crippen LogP contribution < -0.4 is 9.62 Å². The molecule has 0 heterocycles. The van der Waals surface area contributed by atoms with Crippen LogP contribution in [0.2, 0.25) is 5.02 Å². The second-order valence-corrected chi connectivity index (χ2v) is 9.99. The summed E-state index contributed by atoms with van der Waals surface area (Å²) in [6.07, 6.45) is 6.19. The van der Waals surface area contributed by atoms with Gasteiger partial charge in [-0.05, 0) is 38.0 Å². The molecular weight excluding hydrogens is 380 g/mol. The van der Waals surface area contributed by atoms with Crippen molar-refractivity contribution in [1.29, 1.82) is 0 Å². The molecule has 1 N–H and O–H groups in total. The van der Waals surface area contributed by atoms with Crippen LogP contribution in [-0.4, -0.2) is 44.2 Å². The predicted molar refractivity (Wildman–Crippen MR) is 106 cm³/mol. The van der Waals surface area contributed by atoms with Gasteiger partial charge in [-0.2, -0.15) is 11.8 Å². The average molecular weight is 405 g/mol. The topological polar surface area (TPSA) is 66.5 Å². The fourth-order valence-electron chi connectivity index (χ4n) is 3.02. The van der Waals surface area contributed by atoms with Crippen molar-refractivity contribution in [3.8, 4) is 0 Å². The molecule has 1 aromatic carbocycles. The van der Waals surface area contributed by atoms with E-state index in [2.05, 4.69) is 5.32 Å². The number of nitrogens with one attached hydrogen (secondary N) is 1. The van der Waals surface area contributed by atoms with Crippen LogP contribution in [0.15, 0.2) is 24.3 Å². The first-order valence-corrected chi connectivity index (χ1v) is 11.7. The summed E-state index contributed by atoms with van der Waals surface area (Å²) in [7, 11) is -3.61. The maximum absolute atomic E-state index is 12.4. The van der Waals surface area contributed by atoms with Gasteiger partial charge in [0.25, 0.3) is 0 Å². The Morgan fingerprint density at radius 1 is 1.40 bits per heavy atom. The molecule has 0 aromatic heterocycles. The molecule has 0 unspecified atom stereocenters. The van der Waals surface area contributed by atoms with Crippen molar-refractivity contribution in [2.24, 2.45) is 0 Å². The standard InChI is InChI=1S/C17H25ClN2O3S2/c1-13(17(21)19-10-11-24-16-8-3-4-9-16)20(25(2,22)23)15-7-5-6-14(18)12-15/h5-7,12-13,16H,3-4,8-11H2,1-2H3,(H,19,21)/t13-/m1/s1. The molecule has 1 atom stereocenters. The third kappa shape index (κ3) is 6.08. The van der Waals surface area contributed by atoms with Gasteiger partial charge >= 0.3 is 0 Å². The first-order valence-electron chi connectivity index (χ1n) is 8.43. The molecule has 2 rings (SSSR count). The van der Waals surface area contributed by atoms with Crippen molar-refractivity contribution in [2.75, 3.05) is 22.9 Å². The average Bonchev–Trinajstić information content (AvgIpc) is 3.03. The fraction of sp³-hybridized carbons (Fsp3) is 0.588. The SMILES string of the molecule is C[C@H](C(=O)NCCSC1CCCC1)N(c1cccc(Cl)c1)S(C)(=O)=O. The summed E-state index contributed by atoms with van der Waals surface area (Å²) in [4.78, 5) is 12.4. The lowest BCUT2D eigenvalue weighted by Gasteiger charge is -2.28. The predicted octanol–water partition coefficient (Wildman–Crippen LogP) is 3.29. The van der Waals surface area contributed by atoms with Crippen LogP contribution in [0.4, 0.5) is 5.69 Å². The summed E-state index contributed by atoms with van der Waals surface area (Å²) < 4.78 is 25.5. The number of halogens is 1. The number of carbonyl (C=O) groups excluding carboxylic acids is 1. The molecule has 0 saturated heterocycles. The first kappa shape index (κ1) is 20.4. The first-order chi connectivity index (χ1) is 11.8. The van der Waals surface area contributed by atoms with Gasteiger partial charge < -0.3 is 5.32 Å². The van der Waals surface area contributed by atoms with Gasteiger partial charge in [-0.25, -0.2) is 8.42 Å². The van der Waals surface area contributed by atoms with Crippen molar-refractivity contribution in [2.45, 2.75) is 43.9 Å². The molecule has 8 heteroatoms. The molecule has 1 aromatic rings. The van der Waals surface area contributed by atoms with E-state index < -0.39 is 16.1 Å². The molecule has 0 aliphatic heterocycles. The van der Waals surface area contributed by atoms with Crippen molar-refractivity contribution in [1.82, 2.24) is 5.32 Å². The third-order valence-electron chi connectivity index (χ3n) is 4.21. The monoisotopic (exact) mass is 404 g/mol. The molecule has 1 aliphatic carbocycles. The lowest BCUT2D eigenvalue weighted by Crippen LogP contribution is -2.48. The molecule has 1 aliphatic rings. The number of hydrogen-bond donors (Lipinski definition) is 1. The Kier molecular flexibility index (Phi) is 7.46. The highest BCUT2D eigenvalue weighted by Gasteiger charge is 2.29. The Hall–Kier alpha value is -0.920. The molecule has 0 spiro atoms. The molecule has 1 fully saturated rings. The lowest BCUT2D eigenvalue weighted by atomic mass is 10.2. The van der Waals surface area contributed by atoms with Gasteiger partial charge in [0.15, 0.2) is 0 Å². The number of carbonyl (C=O) groups is 1. The Labute approximate surface area is 159 Å². The Bertz CT molecular complexity index is 691. The molecule has 0 radical (unpaired) electrons. The van der Waals surface area contributed by atoms with Crippen molar-refractivity contribution in [3.05, 3.63) is 29.3 Å². The Balaban J connectivity index is 1.96. The van der Waals surface area contributed by atoms with Crippen LogP contribution in [0.25, 0.3) is 0 Å². The highest BCUT2D eigenvalue weighted by molar-refractivity contribution is 7.99. The molecule has 5 nitrogen and oxygen atoms in total. The number of sulfonamides is 1. The van der Waals surface area contributed by atoms with E-state index in [4.69, 9.17) is 11.6 Å². The van der Waals surface area contributed by atoms with Gasteiger partial charge in [-0.3, -0.25) is 9.10 Å². The van der Waals surface area contributed by atoms with E-state index in [-0.39, 0.29) is 5.91 Å². The van der Waals surface area contributed by atoms with Crippen LogP contribution in [-0.2, 0) is 14.8 Å². The minimum atomic E-state index is -3.61. The number of thioether (sulfide) groups is 1. The minimum Gasteiger partial charge on any atom is -0.353 e. The van der Waals surface area contributed by atoms with Crippen molar-refractivity contribution in [3.63, 3.8) is 0 Å². The minimum absolute atomic E-state index is 0.308. The Morgan fingerprint density at radius 2 is 2.08 bits per heavy atom. The molecule has 1 amide bonds. The van der Waals surface area contributed by atoms with Gasteiger partial charge in [0.1, 0.15) is 6.04 Å². The van der Waals surface area contributed by atoms with E-state index in [1.165, 1.54) is 25.7 Å². The summed E-state index contributed by atoms with van der Waals surface area (Å²) >= 11 is 7.85. The maximum Gasteiger partial charge on any atom is 0.243 e. The second kappa shape index (κ2) is 9.14. The molecule has 1 saturated carbocycles. The van der Waals surface area contributed by atoms with Crippen LogP contribution in [0.5, 0.6) is 0 Å². The quantitative estimate of drug-likeness (QED) is 0.675. The normalized spacial score (nSPS) is 16.6. The van der Waals surface area contributed by atoms with Gasteiger partial charge in [-0.1, -0.05) is 30.5 Å². The van der Waals surface area contributed by atoms with Gasteiger partial charge in [-0.15, -0.1) is 0 Å². The molecular formula is C17H25ClN2O3S2. The fourth-order valence-corrected chi connectivity index (χ4v) is 5.60. The second-order valence-electron chi connectivity index (χ2n) is 6.28. The van der Waals surface area contributed by atoms with Gasteiger partial charge in [0, 0.05) is 22.6 Å². The van der Waals surface area contributed by atoms with E-state index in [1.807, 2.05) is 11.8 Å². The van der Waals surface area contributed by atoms with E-state index in [9.17, 15) is 13.2 Å². The Morgan fingerprint density at radius 3 is 2.68 bits per heavy atom. The largest absolute Gasteiger partial charge is 0.353 e. The molecule has 0 bridgehead atoms. The van der Waals surface area contributed by atoms with E-state index in [0.717, 1.165) is 16.3 Å². The number of anilines is 1. The van der Waals surface area contributed by atoms with Gasteiger partial charge in [0.2, 0.25) is 15.9 Å². The maximum atomic E-state index is 12.4. The number of amides is 1. The van der Waals surface area contributed by atoms with E-state index in [0.29, 0.717) is 22.5 Å². The highest BCUT2D eigenvalue weighted by Crippen LogP contribution is 2.29. The summed E-state index contributed by atoms with van der Waals surface area (Å²) in [5.74, 6) is 0.538. The zero-order chi connectivity index (χ0) is 18.4. The summed E-state index contributed by atoms with van der Waals surface area (Å²) in [5, 5.41) is 3.97. The summed E-state index contributed by atoms with van der Waals surface area (Å²) in [6.45, 7) is 2.12. The molecule has 25 heavy (non-hydrogen) atoms. The van der Waals surface area contributed by atoms with E-state index >= 15 is 0 Å². The summed E-state index contributed by atoms with van der Waals surface area (Å²) in [5.41, 5.74) is 0.387. The molecule has 140 valence electrons. The van der Waals surface area contributed by atoms with Crippen LogP contribution in [0.3, 0.4) is 0 Å². The zero-order valence-electron chi connectivity index (χ0n) is 14.6. The number of benzene rings is 1. The number of nitrogens with zero attached hydrogens (tertiary/aromatic N) is 1. The van der Waals surface area contributed by atoms with Crippen molar-refractivity contribution < 1.29 is 13.2 Å². The highest BCUT2D eigenvalue weighted by atomic mass is 35.5. The number of hydrogen-bond acceptors (Lipinski definition) is 4. The number of rotatable bonds is 8. The van der Waals surface area contributed by atoms with Crippen LogP contribution in [0, 0.1) is 0 Å².